The molecule has 2 saturated heterocycles. The molecule has 134 valence electrons. The Hall–Kier alpha value is -3.01. The number of rotatable bonds is 2. The molecule has 1 spiro atoms. The average Bonchev–Trinajstić information content (AvgIpc) is 3.24. The van der Waals surface area contributed by atoms with Gasteiger partial charge in [0, 0.05) is 31.1 Å². The molecule has 3 heterocycles. The molecule has 0 radical (unpaired) electrons. The van der Waals surface area contributed by atoms with Gasteiger partial charge in [0.1, 0.15) is 12.6 Å². The van der Waals surface area contributed by atoms with Crippen LogP contribution in [0.3, 0.4) is 0 Å². The van der Waals surface area contributed by atoms with Crippen LogP contribution >= 0.6 is 0 Å². The Kier molecular flexibility index (Phi) is 3.65. The Morgan fingerprint density at radius 3 is 2.81 bits per heavy atom. The van der Waals surface area contributed by atoms with E-state index >= 15 is 0 Å². The van der Waals surface area contributed by atoms with Gasteiger partial charge in [0.15, 0.2) is 5.60 Å². The number of hydrogen-bond donors (Lipinski definition) is 0. The van der Waals surface area contributed by atoms with Crippen LogP contribution in [0.4, 0.5) is 4.79 Å². The topological polar surface area (TPSA) is 78.6 Å². The second-order valence-electron chi connectivity index (χ2n) is 7.15. The molecule has 26 heavy (non-hydrogen) atoms. The molecule has 7 nitrogen and oxygen atoms in total. The molecule has 0 bridgehead atoms. The number of amides is 2. The molecule has 2 amide bonds. The number of nitrogens with zero attached hydrogens (tertiary/aromatic N) is 4. The number of carbonyl (C=O) groups excluding carboxylic acids is 2. The van der Waals surface area contributed by atoms with Crippen LogP contribution in [-0.2, 0) is 16.1 Å². The molecular weight excluding hydrogens is 332 g/mol. The Morgan fingerprint density at radius 2 is 2.12 bits per heavy atom. The monoisotopic (exact) mass is 352 g/mol. The van der Waals surface area contributed by atoms with E-state index in [1.54, 1.807) is 16.8 Å². The van der Waals surface area contributed by atoms with Gasteiger partial charge in [0.05, 0.1) is 24.2 Å². The van der Waals surface area contributed by atoms with E-state index in [1.807, 2.05) is 35.8 Å². The first-order valence-corrected chi connectivity index (χ1v) is 8.64. The quantitative estimate of drug-likeness (QED) is 0.827. The Labute approximate surface area is 151 Å². The van der Waals surface area contributed by atoms with Gasteiger partial charge in [-0.25, -0.2) is 4.79 Å². The van der Waals surface area contributed by atoms with Crippen LogP contribution < -0.4 is 0 Å². The number of benzene rings is 1. The molecule has 0 unspecified atom stereocenters. The lowest BCUT2D eigenvalue weighted by molar-refractivity contribution is -0.131. The summed E-state index contributed by atoms with van der Waals surface area (Å²) in [6.07, 6.45) is 0.328. The average molecular weight is 352 g/mol. The first kappa shape index (κ1) is 16.5. The Balaban J connectivity index is 1.57. The van der Waals surface area contributed by atoms with Crippen molar-refractivity contribution in [2.24, 2.45) is 0 Å². The van der Waals surface area contributed by atoms with Gasteiger partial charge in [-0.05, 0) is 13.0 Å². The summed E-state index contributed by atoms with van der Waals surface area (Å²) in [6, 6.07) is 9.87. The second-order valence-corrected chi connectivity index (χ2v) is 7.15. The van der Waals surface area contributed by atoms with Crippen molar-refractivity contribution in [3.05, 3.63) is 35.5 Å². The maximum atomic E-state index is 12.9. The minimum atomic E-state index is -0.576. The summed E-state index contributed by atoms with van der Waals surface area (Å²) in [5.74, 6) is -0.0270. The lowest BCUT2D eigenvalue weighted by Gasteiger charge is -2.22. The highest BCUT2D eigenvalue weighted by atomic mass is 16.6. The standard InChI is InChI=1S/C19H20N4O3/c1-13-15(9-20)14-5-3-4-6-16(14)23(13)10-17(24)22-8-7-19(12-22)11-21(2)18(25)26-19/h3-6H,7-8,10-12H2,1-2H3/t19-/m0/s1. The fourth-order valence-corrected chi connectivity index (χ4v) is 4.07. The van der Waals surface area contributed by atoms with Crippen molar-refractivity contribution in [2.75, 3.05) is 26.7 Å². The zero-order valence-electron chi connectivity index (χ0n) is 14.9. The van der Waals surface area contributed by atoms with Crippen LogP contribution in [0, 0.1) is 18.3 Å². The third-order valence-electron chi connectivity index (χ3n) is 5.45. The highest BCUT2D eigenvalue weighted by molar-refractivity contribution is 5.89. The number of nitriles is 1. The molecule has 2 aliphatic rings. The molecule has 1 atom stereocenters. The molecule has 0 saturated carbocycles. The van der Waals surface area contributed by atoms with E-state index in [4.69, 9.17) is 4.74 Å². The normalized spacial score (nSPS) is 22.3. The number of aromatic nitrogens is 1. The fourth-order valence-electron chi connectivity index (χ4n) is 4.07. The predicted molar refractivity (Wildman–Crippen MR) is 94.4 cm³/mol. The van der Waals surface area contributed by atoms with Crippen molar-refractivity contribution in [3.63, 3.8) is 0 Å². The summed E-state index contributed by atoms with van der Waals surface area (Å²) in [6.45, 7) is 3.55. The first-order chi connectivity index (χ1) is 12.4. The van der Waals surface area contributed by atoms with Crippen LogP contribution in [0.5, 0.6) is 0 Å². The summed E-state index contributed by atoms with van der Waals surface area (Å²) in [5.41, 5.74) is 1.71. The number of carbonyl (C=O) groups is 2. The van der Waals surface area contributed by atoms with Gasteiger partial charge < -0.3 is 19.1 Å². The summed E-state index contributed by atoms with van der Waals surface area (Å²) < 4.78 is 7.41. The van der Waals surface area contributed by atoms with Gasteiger partial charge in [-0.3, -0.25) is 4.79 Å². The number of para-hydroxylation sites is 1. The highest BCUT2D eigenvalue weighted by Crippen LogP contribution is 2.32. The maximum absolute atomic E-state index is 12.9. The molecule has 4 rings (SSSR count). The van der Waals surface area contributed by atoms with E-state index in [0.29, 0.717) is 31.6 Å². The molecule has 1 aromatic carbocycles. The SMILES string of the molecule is Cc1c(C#N)c2ccccc2n1CC(=O)N1CC[C@]2(CN(C)C(=O)O2)C1. The van der Waals surface area contributed by atoms with E-state index in [-0.39, 0.29) is 18.5 Å². The van der Waals surface area contributed by atoms with Crippen LogP contribution in [0.1, 0.15) is 17.7 Å². The minimum absolute atomic E-state index is 0.0270. The van der Waals surface area contributed by atoms with Gasteiger partial charge in [-0.1, -0.05) is 18.2 Å². The van der Waals surface area contributed by atoms with E-state index in [2.05, 4.69) is 6.07 Å². The van der Waals surface area contributed by atoms with E-state index in [1.165, 1.54) is 0 Å². The summed E-state index contributed by atoms with van der Waals surface area (Å²) >= 11 is 0. The number of ether oxygens (including phenoxy) is 1. The largest absolute Gasteiger partial charge is 0.439 e. The molecule has 2 aromatic rings. The minimum Gasteiger partial charge on any atom is -0.439 e. The molecular formula is C19H20N4O3. The first-order valence-electron chi connectivity index (χ1n) is 8.64. The van der Waals surface area contributed by atoms with E-state index in [0.717, 1.165) is 16.6 Å². The van der Waals surface area contributed by atoms with Crippen molar-refractivity contribution in [1.82, 2.24) is 14.4 Å². The van der Waals surface area contributed by atoms with Gasteiger partial charge >= 0.3 is 6.09 Å². The maximum Gasteiger partial charge on any atom is 0.410 e. The van der Waals surface area contributed by atoms with E-state index in [9.17, 15) is 14.9 Å². The molecule has 1 aromatic heterocycles. The predicted octanol–water partition coefficient (Wildman–Crippen LogP) is 1.87. The molecule has 0 N–H and O–H groups in total. The van der Waals surface area contributed by atoms with Crippen molar-refractivity contribution in [2.45, 2.75) is 25.5 Å². The zero-order valence-corrected chi connectivity index (χ0v) is 14.9. The lowest BCUT2D eigenvalue weighted by atomic mass is 10.0. The molecule has 2 fully saturated rings. The van der Waals surface area contributed by atoms with Crippen LogP contribution in [0.2, 0.25) is 0 Å². The van der Waals surface area contributed by atoms with Crippen molar-refractivity contribution in [3.8, 4) is 6.07 Å². The third kappa shape index (κ3) is 2.41. The van der Waals surface area contributed by atoms with E-state index < -0.39 is 5.60 Å². The number of hydrogen-bond acceptors (Lipinski definition) is 4. The zero-order chi connectivity index (χ0) is 18.5. The molecule has 2 aliphatic heterocycles. The summed E-state index contributed by atoms with van der Waals surface area (Å²) in [5, 5.41) is 10.3. The van der Waals surface area contributed by atoms with Crippen molar-refractivity contribution in [1.29, 1.82) is 5.26 Å². The third-order valence-corrected chi connectivity index (χ3v) is 5.45. The number of likely N-dealkylation sites (tertiary alicyclic amines) is 1. The van der Waals surface area contributed by atoms with Crippen LogP contribution in [0.25, 0.3) is 10.9 Å². The van der Waals surface area contributed by atoms with Gasteiger partial charge in [0.2, 0.25) is 5.91 Å². The van der Waals surface area contributed by atoms with Crippen LogP contribution in [-0.4, -0.2) is 58.7 Å². The fraction of sp³-hybridized carbons (Fsp3) is 0.421. The van der Waals surface area contributed by atoms with Crippen LogP contribution in [0.15, 0.2) is 24.3 Å². The Bertz CT molecular complexity index is 958. The summed E-state index contributed by atoms with van der Waals surface area (Å²) in [7, 11) is 1.71. The summed E-state index contributed by atoms with van der Waals surface area (Å²) in [4.78, 5) is 27.9. The van der Waals surface area contributed by atoms with Crippen molar-refractivity contribution >= 4 is 22.9 Å². The van der Waals surface area contributed by atoms with Crippen molar-refractivity contribution < 1.29 is 14.3 Å². The van der Waals surface area contributed by atoms with Gasteiger partial charge in [0.25, 0.3) is 0 Å². The molecule has 7 heteroatoms. The lowest BCUT2D eigenvalue weighted by Crippen LogP contribution is -2.40. The number of fused-ring (bicyclic) bond motifs is 1. The van der Waals surface area contributed by atoms with Gasteiger partial charge in [-0.2, -0.15) is 5.26 Å². The second kappa shape index (κ2) is 5.77. The highest BCUT2D eigenvalue weighted by Gasteiger charge is 2.49. The Morgan fingerprint density at radius 1 is 1.35 bits per heavy atom. The molecule has 0 aliphatic carbocycles. The van der Waals surface area contributed by atoms with Gasteiger partial charge in [-0.15, -0.1) is 0 Å². The number of likely N-dealkylation sites (N-methyl/N-ethyl adjacent to an activating group) is 1. The smallest absolute Gasteiger partial charge is 0.410 e.